The summed E-state index contributed by atoms with van der Waals surface area (Å²) in [6.45, 7) is 2.13. The number of nitrogens with zero attached hydrogens (tertiary/aromatic N) is 2. The highest BCUT2D eigenvalue weighted by molar-refractivity contribution is 7.99. The van der Waals surface area contributed by atoms with E-state index >= 15 is 0 Å². The number of carbonyl (C=O) groups is 1. The highest BCUT2D eigenvalue weighted by Crippen LogP contribution is 2.49. The van der Waals surface area contributed by atoms with Gasteiger partial charge in [0, 0.05) is 12.1 Å². The summed E-state index contributed by atoms with van der Waals surface area (Å²) >= 11 is 1.29. The first-order valence-electron chi connectivity index (χ1n) is 11.6. The van der Waals surface area contributed by atoms with E-state index in [4.69, 9.17) is 9.72 Å². The van der Waals surface area contributed by atoms with E-state index in [-0.39, 0.29) is 23.3 Å². The zero-order valence-electron chi connectivity index (χ0n) is 19.0. The fraction of sp³-hybridized carbons (Fsp3) is 0.423. The molecule has 6 nitrogen and oxygen atoms in total. The number of hydrogen-bond acceptors (Lipinski definition) is 5. The molecule has 2 fully saturated rings. The normalized spacial score (nSPS) is 22.4. The molecule has 0 radical (unpaired) electrons. The first-order valence-corrected chi connectivity index (χ1v) is 12.6. The maximum absolute atomic E-state index is 13.4. The lowest BCUT2D eigenvalue weighted by atomic mass is 9.84. The molecule has 0 saturated heterocycles. The third-order valence-electron chi connectivity index (χ3n) is 7.21. The van der Waals surface area contributed by atoms with E-state index < -0.39 is 0 Å². The second-order valence-corrected chi connectivity index (χ2v) is 10.2. The van der Waals surface area contributed by atoms with Crippen LogP contribution in [0.3, 0.4) is 0 Å². The largest absolute Gasteiger partial charge is 0.497 e. The summed E-state index contributed by atoms with van der Waals surface area (Å²) in [5.41, 5.74) is 1.13. The lowest BCUT2D eigenvalue weighted by Crippen LogP contribution is -2.41. The predicted octanol–water partition coefficient (Wildman–Crippen LogP) is 4.43. The average molecular weight is 464 g/mol. The van der Waals surface area contributed by atoms with Crippen molar-refractivity contribution in [3.63, 3.8) is 0 Å². The van der Waals surface area contributed by atoms with E-state index in [0.717, 1.165) is 11.8 Å². The van der Waals surface area contributed by atoms with Crippen LogP contribution < -0.4 is 15.6 Å². The van der Waals surface area contributed by atoms with Gasteiger partial charge in [0.1, 0.15) is 5.75 Å². The van der Waals surface area contributed by atoms with Gasteiger partial charge in [0.05, 0.1) is 29.5 Å². The summed E-state index contributed by atoms with van der Waals surface area (Å²) in [6, 6.07) is 14.8. The summed E-state index contributed by atoms with van der Waals surface area (Å²) in [4.78, 5) is 30.9. The van der Waals surface area contributed by atoms with Crippen LogP contribution in [0, 0.1) is 17.8 Å². The summed E-state index contributed by atoms with van der Waals surface area (Å²) in [6.07, 6.45) is 5.22. The van der Waals surface area contributed by atoms with Gasteiger partial charge in [-0.25, -0.2) is 4.98 Å². The van der Waals surface area contributed by atoms with E-state index in [2.05, 4.69) is 12.2 Å². The van der Waals surface area contributed by atoms with Crippen molar-refractivity contribution in [2.45, 2.75) is 43.8 Å². The Morgan fingerprint density at radius 1 is 1.21 bits per heavy atom. The van der Waals surface area contributed by atoms with Gasteiger partial charge >= 0.3 is 0 Å². The number of para-hydroxylation sites is 1. The Bertz CT molecular complexity index is 1240. The number of fused-ring (bicyclic) bond motifs is 3. The number of thioether (sulfide) groups is 1. The molecule has 2 aromatic carbocycles. The van der Waals surface area contributed by atoms with Crippen LogP contribution in [-0.2, 0) is 4.79 Å². The van der Waals surface area contributed by atoms with Crippen LogP contribution in [0.4, 0.5) is 0 Å². The van der Waals surface area contributed by atoms with Crippen LogP contribution in [0.15, 0.2) is 58.5 Å². The van der Waals surface area contributed by atoms with Crippen LogP contribution in [0.5, 0.6) is 5.75 Å². The monoisotopic (exact) mass is 463 g/mol. The molecular weight excluding hydrogens is 434 g/mol. The molecule has 2 saturated carbocycles. The molecule has 2 aliphatic carbocycles. The van der Waals surface area contributed by atoms with Crippen molar-refractivity contribution in [2.75, 3.05) is 12.9 Å². The van der Waals surface area contributed by atoms with Crippen molar-refractivity contribution < 1.29 is 9.53 Å². The van der Waals surface area contributed by atoms with Crippen molar-refractivity contribution in [3.8, 4) is 11.4 Å². The molecule has 7 heteroatoms. The van der Waals surface area contributed by atoms with Crippen molar-refractivity contribution in [2.24, 2.45) is 17.8 Å². The third kappa shape index (κ3) is 4.38. The van der Waals surface area contributed by atoms with Gasteiger partial charge in [0.2, 0.25) is 5.91 Å². The third-order valence-corrected chi connectivity index (χ3v) is 8.15. The number of methoxy groups -OCH3 is 1. The molecule has 172 valence electrons. The van der Waals surface area contributed by atoms with Crippen LogP contribution >= 0.6 is 11.8 Å². The van der Waals surface area contributed by atoms with Crippen molar-refractivity contribution in [1.82, 2.24) is 14.9 Å². The van der Waals surface area contributed by atoms with Gasteiger partial charge in [-0.2, -0.15) is 0 Å². The Kier molecular flexibility index (Phi) is 6.15. The number of amides is 1. The Balaban J connectivity index is 1.39. The fourth-order valence-electron chi connectivity index (χ4n) is 5.63. The summed E-state index contributed by atoms with van der Waals surface area (Å²) in [5.74, 6) is 3.05. The minimum absolute atomic E-state index is 0.0186. The Morgan fingerprint density at radius 3 is 2.82 bits per heavy atom. The van der Waals surface area contributed by atoms with E-state index in [9.17, 15) is 9.59 Å². The molecule has 1 N–H and O–H groups in total. The molecule has 33 heavy (non-hydrogen) atoms. The molecule has 0 unspecified atom stereocenters. The molecule has 0 aliphatic heterocycles. The maximum atomic E-state index is 13.4. The van der Waals surface area contributed by atoms with E-state index in [1.807, 2.05) is 36.4 Å². The highest BCUT2D eigenvalue weighted by Gasteiger charge is 2.42. The minimum atomic E-state index is -0.160. The van der Waals surface area contributed by atoms with E-state index in [0.29, 0.717) is 33.4 Å². The molecule has 5 rings (SSSR count). The number of hydrogen-bond donors (Lipinski definition) is 1. The van der Waals surface area contributed by atoms with Crippen molar-refractivity contribution >= 4 is 28.6 Å². The molecule has 3 aromatic rings. The molecule has 0 spiro atoms. The lowest BCUT2D eigenvalue weighted by molar-refractivity contribution is -0.119. The Labute approximate surface area is 197 Å². The van der Waals surface area contributed by atoms with E-state index in [1.165, 1.54) is 37.4 Å². The van der Waals surface area contributed by atoms with Gasteiger partial charge in [-0.3, -0.25) is 14.2 Å². The number of carbonyl (C=O) groups excluding carboxylic acids is 1. The van der Waals surface area contributed by atoms with Crippen LogP contribution in [0.25, 0.3) is 16.6 Å². The van der Waals surface area contributed by atoms with Crippen molar-refractivity contribution in [1.29, 1.82) is 0 Å². The van der Waals surface area contributed by atoms with Gasteiger partial charge in [-0.15, -0.1) is 0 Å². The van der Waals surface area contributed by atoms with E-state index in [1.54, 1.807) is 23.8 Å². The number of nitrogens with one attached hydrogen (secondary N) is 1. The smallest absolute Gasteiger partial charge is 0.266 e. The second kappa shape index (κ2) is 9.21. The maximum Gasteiger partial charge on any atom is 0.266 e. The van der Waals surface area contributed by atoms with Gasteiger partial charge in [0.15, 0.2) is 5.16 Å². The first-order chi connectivity index (χ1) is 16.0. The van der Waals surface area contributed by atoms with Gasteiger partial charge in [-0.05, 0) is 68.2 Å². The molecule has 4 atom stereocenters. The quantitative estimate of drug-likeness (QED) is 0.415. The Hall–Kier alpha value is -2.80. The van der Waals surface area contributed by atoms with Gasteiger partial charge < -0.3 is 10.1 Å². The summed E-state index contributed by atoms with van der Waals surface area (Å²) in [7, 11) is 1.60. The zero-order chi connectivity index (χ0) is 22.9. The van der Waals surface area contributed by atoms with Gasteiger partial charge in [-0.1, -0.05) is 36.4 Å². The molecule has 2 aliphatic rings. The molecule has 1 amide bonds. The number of ether oxygens (including phenoxy) is 1. The minimum Gasteiger partial charge on any atom is -0.497 e. The zero-order valence-corrected chi connectivity index (χ0v) is 19.8. The number of benzene rings is 2. The summed E-state index contributed by atoms with van der Waals surface area (Å²) in [5, 5.41) is 4.25. The topological polar surface area (TPSA) is 73.2 Å². The fourth-order valence-corrected chi connectivity index (χ4v) is 6.45. The molecular formula is C26H29N3O3S. The van der Waals surface area contributed by atoms with Crippen LogP contribution in [-0.4, -0.2) is 34.4 Å². The first kappa shape index (κ1) is 22.0. The standard InChI is InChI=1S/C26H29N3O3S/c1-16(22-13-17-10-11-18(22)12-17)27-24(30)15-33-26-28-23-9-4-3-8-21(23)25(31)29(26)19-6-5-7-20(14-19)32-2/h3-9,14,16-18,22H,10-13,15H2,1-2H3,(H,27,30)/t16-,17-,18-,22-/m0/s1. The molecule has 2 bridgehead atoms. The van der Waals surface area contributed by atoms with Crippen LogP contribution in [0.2, 0.25) is 0 Å². The summed E-state index contributed by atoms with van der Waals surface area (Å²) < 4.78 is 6.92. The Morgan fingerprint density at radius 2 is 2.06 bits per heavy atom. The average Bonchev–Trinajstić information content (AvgIpc) is 3.47. The van der Waals surface area contributed by atoms with Crippen LogP contribution in [0.1, 0.15) is 32.6 Å². The highest BCUT2D eigenvalue weighted by atomic mass is 32.2. The number of rotatable bonds is 7. The second-order valence-electron chi connectivity index (χ2n) is 9.24. The van der Waals surface area contributed by atoms with Gasteiger partial charge in [0.25, 0.3) is 5.56 Å². The lowest BCUT2D eigenvalue weighted by Gasteiger charge is -2.28. The molecule has 1 aromatic heterocycles. The van der Waals surface area contributed by atoms with Crippen molar-refractivity contribution in [3.05, 3.63) is 58.9 Å². The molecule has 1 heterocycles. The predicted molar refractivity (Wildman–Crippen MR) is 131 cm³/mol. The SMILES string of the molecule is COc1cccc(-n2c(SCC(=O)N[C@@H](C)[C@@H]3C[C@H]4CC[C@H]3C4)nc3ccccc3c2=O)c1. The number of aromatic nitrogens is 2.